The molecular formula is C25H24F3N3O2. The summed E-state index contributed by atoms with van der Waals surface area (Å²) in [7, 11) is 0. The van der Waals surface area contributed by atoms with Crippen LogP contribution >= 0.6 is 0 Å². The van der Waals surface area contributed by atoms with Gasteiger partial charge in [-0.1, -0.05) is 18.2 Å². The SMILES string of the molecule is Cc1cccc(NC(=O)c2oc3c(c2C)/C(=N/Nc2cccc(C(F)(F)F)c2)CCC3)c1C. The number of hydrogen-bond acceptors (Lipinski definition) is 4. The number of halogens is 3. The van der Waals surface area contributed by atoms with Crippen LogP contribution in [-0.4, -0.2) is 11.6 Å². The molecule has 172 valence electrons. The fourth-order valence-electron chi connectivity index (χ4n) is 3.96. The number of hydrazone groups is 1. The van der Waals surface area contributed by atoms with Crippen LogP contribution in [0.4, 0.5) is 24.5 Å². The molecule has 1 aromatic heterocycles. The lowest BCUT2D eigenvalue weighted by Crippen LogP contribution is -2.15. The second kappa shape index (κ2) is 8.77. The molecule has 0 atom stereocenters. The van der Waals surface area contributed by atoms with Crippen molar-refractivity contribution in [3.8, 4) is 0 Å². The third-order valence-electron chi connectivity index (χ3n) is 5.89. The molecule has 0 radical (unpaired) electrons. The van der Waals surface area contributed by atoms with Crippen molar-refractivity contribution in [2.75, 3.05) is 10.7 Å². The highest BCUT2D eigenvalue weighted by molar-refractivity contribution is 6.09. The van der Waals surface area contributed by atoms with Gasteiger partial charge in [-0.3, -0.25) is 10.2 Å². The zero-order valence-electron chi connectivity index (χ0n) is 18.6. The molecule has 33 heavy (non-hydrogen) atoms. The summed E-state index contributed by atoms with van der Waals surface area (Å²) < 4.78 is 44.9. The predicted octanol–water partition coefficient (Wildman–Crippen LogP) is 6.63. The van der Waals surface area contributed by atoms with Crippen molar-refractivity contribution in [2.24, 2.45) is 5.10 Å². The second-order valence-electron chi connectivity index (χ2n) is 8.16. The maximum absolute atomic E-state index is 13.0. The first kappa shape index (κ1) is 22.6. The molecule has 1 aliphatic rings. The van der Waals surface area contributed by atoms with E-state index in [0.29, 0.717) is 35.6 Å². The first-order chi connectivity index (χ1) is 15.6. The lowest BCUT2D eigenvalue weighted by molar-refractivity contribution is -0.137. The van der Waals surface area contributed by atoms with E-state index in [4.69, 9.17) is 4.42 Å². The molecule has 2 N–H and O–H groups in total. The lowest BCUT2D eigenvalue weighted by atomic mass is 9.93. The molecule has 5 nitrogen and oxygen atoms in total. The van der Waals surface area contributed by atoms with Gasteiger partial charge in [0.25, 0.3) is 5.91 Å². The first-order valence-corrected chi connectivity index (χ1v) is 10.6. The smallest absolute Gasteiger partial charge is 0.416 e. The Labute approximate surface area is 189 Å². The monoisotopic (exact) mass is 455 g/mol. The largest absolute Gasteiger partial charge is 0.455 e. The Kier molecular flexibility index (Phi) is 6.01. The third-order valence-corrected chi connectivity index (χ3v) is 5.89. The van der Waals surface area contributed by atoms with E-state index >= 15 is 0 Å². The summed E-state index contributed by atoms with van der Waals surface area (Å²) in [4.78, 5) is 13.0. The Balaban J connectivity index is 1.60. The fourth-order valence-corrected chi connectivity index (χ4v) is 3.96. The molecular weight excluding hydrogens is 431 g/mol. The number of rotatable bonds is 4. The Morgan fingerprint density at radius 2 is 1.79 bits per heavy atom. The number of carbonyl (C=O) groups is 1. The number of aryl methyl sites for hydroxylation is 2. The van der Waals surface area contributed by atoms with Crippen molar-refractivity contribution >= 4 is 23.0 Å². The van der Waals surface area contributed by atoms with Crippen LogP contribution in [0.5, 0.6) is 0 Å². The number of carbonyl (C=O) groups excluding carboxylic acids is 1. The normalized spacial score (nSPS) is 14.8. The molecule has 3 aromatic rings. The molecule has 1 aliphatic carbocycles. The van der Waals surface area contributed by atoms with E-state index in [2.05, 4.69) is 15.8 Å². The van der Waals surface area contributed by atoms with Crippen molar-refractivity contribution in [3.63, 3.8) is 0 Å². The van der Waals surface area contributed by atoms with E-state index in [1.165, 1.54) is 12.1 Å². The fraction of sp³-hybridized carbons (Fsp3) is 0.280. The van der Waals surface area contributed by atoms with E-state index in [1.807, 2.05) is 32.0 Å². The number of benzene rings is 2. The summed E-state index contributed by atoms with van der Waals surface area (Å²) in [6.07, 6.45) is -2.38. The molecule has 4 rings (SSSR count). The Morgan fingerprint density at radius 1 is 1.03 bits per heavy atom. The summed E-state index contributed by atoms with van der Waals surface area (Å²) in [6, 6.07) is 10.6. The minimum Gasteiger partial charge on any atom is -0.455 e. The van der Waals surface area contributed by atoms with Crippen LogP contribution in [0.25, 0.3) is 0 Å². The van der Waals surface area contributed by atoms with Crippen molar-refractivity contribution < 1.29 is 22.4 Å². The van der Waals surface area contributed by atoms with Crippen LogP contribution in [0.15, 0.2) is 52.0 Å². The van der Waals surface area contributed by atoms with Crippen molar-refractivity contribution in [2.45, 2.75) is 46.2 Å². The topological polar surface area (TPSA) is 66.6 Å². The molecule has 0 spiro atoms. The van der Waals surface area contributed by atoms with E-state index in [0.717, 1.165) is 35.2 Å². The van der Waals surface area contributed by atoms with Crippen LogP contribution in [0.1, 0.15) is 57.0 Å². The molecule has 1 amide bonds. The number of furan rings is 1. The third kappa shape index (κ3) is 4.65. The van der Waals surface area contributed by atoms with E-state index in [-0.39, 0.29) is 17.4 Å². The van der Waals surface area contributed by atoms with E-state index in [9.17, 15) is 18.0 Å². The van der Waals surface area contributed by atoms with Gasteiger partial charge in [-0.2, -0.15) is 18.3 Å². The predicted molar refractivity (Wildman–Crippen MR) is 122 cm³/mol. The number of nitrogens with one attached hydrogen (secondary N) is 2. The van der Waals surface area contributed by atoms with Gasteiger partial charge >= 0.3 is 6.18 Å². The molecule has 0 saturated heterocycles. The molecule has 0 bridgehead atoms. The van der Waals surface area contributed by atoms with Gasteiger partial charge in [0.2, 0.25) is 0 Å². The molecule has 2 aromatic carbocycles. The molecule has 0 aliphatic heterocycles. The van der Waals surface area contributed by atoms with Gasteiger partial charge in [0.1, 0.15) is 5.76 Å². The number of hydrogen-bond donors (Lipinski definition) is 2. The number of alkyl halides is 3. The van der Waals surface area contributed by atoms with Crippen molar-refractivity contribution in [1.29, 1.82) is 0 Å². The number of amides is 1. The molecule has 0 unspecified atom stereocenters. The minimum absolute atomic E-state index is 0.217. The van der Waals surface area contributed by atoms with Gasteiger partial charge in [-0.25, -0.2) is 0 Å². The Bertz CT molecular complexity index is 1240. The van der Waals surface area contributed by atoms with Crippen LogP contribution in [-0.2, 0) is 12.6 Å². The maximum atomic E-state index is 13.0. The average Bonchev–Trinajstić information content (AvgIpc) is 3.12. The molecule has 0 saturated carbocycles. The summed E-state index contributed by atoms with van der Waals surface area (Å²) in [6.45, 7) is 5.71. The van der Waals surface area contributed by atoms with Crippen LogP contribution in [0.2, 0.25) is 0 Å². The number of fused-ring (bicyclic) bond motifs is 1. The highest BCUT2D eigenvalue weighted by atomic mass is 19.4. The summed E-state index contributed by atoms with van der Waals surface area (Å²) in [5, 5.41) is 7.28. The van der Waals surface area contributed by atoms with Gasteiger partial charge < -0.3 is 9.73 Å². The summed E-state index contributed by atoms with van der Waals surface area (Å²) >= 11 is 0. The van der Waals surface area contributed by atoms with E-state index < -0.39 is 11.7 Å². The quantitative estimate of drug-likeness (QED) is 0.434. The summed E-state index contributed by atoms with van der Waals surface area (Å²) in [5.41, 5.74) is 7.04. The minimum atomic E-state index is -4.43. The van der Waals surface area contributed by atoms with Crippen LogP contribution < -0.4 is 10.7 Å². The highest BCUT2D eigenvalue weighted by Gasteiger charge is 2.31. The van der Waals surface area contributed by atoms with Gasteiger partial charge in [0.15, 0.2) is 5.76 Å². The van der Waals surface area contributed by atoms with E-state index in [1.54, 1.807) is 6.92 Å². The van der Waals surface area contributed by atoms with Crippen LogP contribution in [0.3, 0.4) is 0 Å². The summed E-state index contributed by atoms with van der Waals surface area (Å²) in [5.74, 6) is 0.532. The zero-order chi connectivity index (χ0) is 23.8. The molecule has 0 fully saturated rings. The molecule has 8 heteroatoms. The van der Waals surface area contributed by atoms with Crippen molar-refractivity contribution in [3.05, 3.63) is 81.8 Å². The van der Waals surface area contributed by atoms with Gasteiger partial charge in [-0.05, 0) is 69.0 Å². The second-order valence-corrected chi connectivity index (χ2v) is 8.16. The standard InChI is InChI=1S/C25H24F3N3O2/c1-14-7-4-10-19(15(14)2)29-24(32)23-16(3)22-20(11-6-12-21(22)33-23)31-30-18-9-5-8-17(13-18)25(26,27)28/h4-5,7-10,13,30H,6,11-12H2,1-3H3,(H,29,32)/b31-20+. The molecule has 1 heterocycles. The lowest BCUT2D eigenvalue weighted by Gasteiger charge is -2.14. The van der Waals surface area contributed by atoms with Gasteiger partial charge in [0, 0.05) is 23.2 Å². The maximum Gasteiger partial charge on any atom is 0.416 e. The van der Waals surface area contributed by atoms with Gasteiger partial charge in [0.05, 0.1) is 17.0 Å². The average molecular weight is 455 g/mol. The van der Waals surface area contributed by atoms with Crippen LogP contribution in [0, 0.1) is 20.8 Å². The Hall–Kier alpha value is -3.55. The highest BCUT2D eigenvalue weighted by Crippen LogP contribution is 2.32. The Morgan fingerprint density at radius 3 is 2.55 bits per heavy atom. The number of nitrogens with zero attached hydrogens (tertiary/aromatic N) is 1. The van der Waals surface area contributed by atoms with Crippen molar-refractivity contribution in [1.82, 2.24) is 0 Å². The zero-order valence-corrected chi connectivity index (χ0v) is 18.6. The number of anilines is 2. The first-order valence-electron chi connectivity index (χ1n) is 10.6. The van der Waals surface area contributed by atoms with Gasteiger partial charge in [-0.15, -0.1) is 0 Å².